The number of aromatic nitrogens is 3. The number of ether oxygens (including phenoxy) is 2. The lowest BCUT2D eigenvalue weighted by Crippen LogP contribution is -2.31. The molecule has 2 aromatic heterocycles. The number of H-pyrrole nitrogens is 1. The van der Waals surface area contributed by atoms with Crippen LogP contribution in [0, 0.1) is 0 Å². The Morgan fingerprint density at radius 3 is 2.89 bits per heavy atom. The number of benzene rings is 1. The van der Waals surface area contributed by atoms with Gasteiger partial charge in [0.15, 0.2) is 17.3 Å². The second-order valence-corrected chi connectivity index (χ2v) is 7.12. The SMILES string of the molecule is CCOc1cc(-c2nccc(-c3cc4c([nH]3)CCNC4=O)n2)cc(Br)c1OC. The van der Waals surface area contributed by atoms with Gasteiger partial charge in [-0.25, -0.2) is 9.97 Å². The van der Waals surface area contributed by atoms with Crippen LogP contribution in [0.2, 0.25) is 0 Å². The summed E-state index contributed by atoms with van der Waals surface area (Å²) in [7, 11) is 1.60. The van der Waals surface area contributed by atoms with Crippen LogP contribution >= 0.6 is 15.9 Å². The number of amides is 1. The molecule has 144 valence electrons. The van der Waals surface area contributed by atoms with Crippen molar-refractivity contribution in [2.24, 2.45) is 0 Å². The van der Waals surface area contributed by atoms with Crippen molar-refractivity contribution >= 4 is 21.8 Å². The molecule has 1 aliphatic heterocycles. The van der Waals surface area contributed by atoms with Crippen molar-refractivity contribution in [3.63, 3.8) is 0 Å². The molecule has 1 aliphatic rings. The van der Waals surface area contributed by atoms with E-state index in [-0.39, 0.29) is 5.91 Å². The lowest BCUT2D eigenvalue weighted by Gasteiger charge is -2.13. The molecule has 0 bridgehead atoms. The molecule has 0 atom stereocenters. The minimum absolute atomic E-state index is 0.0570. The van der Waals surface area contributed by atoms with E-state index in [1.807, 2.05) is 31.2 Å². The Balaban J connectivity index is 1.75. The van der Waals surface area contributed by atoms with Crippen molar-refractivity contribution in [3.8, 4) is 34.3 Å². The summed E-state index contributed by atoms with van der Waals surface area (Å²) in [6.07, 6.45) is 2.48. The van der Waals surface area contributed by atoms with E-state index in [0.29, 0.717) is 36.0 Å². The number of aromatic amines is 1. The molecule has 0 unspecified atom stereocenters. The summed E-state index contributed by atoms with van der Waals surface area (Å²) in [5.41, 5.74) is 3.92. The van der Waals surface area contributed by atoms with E-state index in [4.69, 9.17) is 9.47 Å². The van der Waals surface area contributed by atoms with Gasteiger partial charge in [0.05, 0.1) is 35.1 Å². The van der Waals surface area contributed by atoms with Gasteiger partial charge in [-0.05, 0) is 47.1 Å². The maximum atomic E-state index is 12.0. The molecule has 0 aliphatic carbocycles. The largest absolute Gasteiger partial charge is 0.492 e. The Morgan fingerprint density at radius 1 is 1.29 bits per heavy atom. The third-order valence-electron chi connectivity index (χ3n) is 4.51. The molecule has 1 aromatic carbocycles. The van der Waals surface area contributed by atoms with Crippen LogP contribution in [0.5, 0.6) is 11.5 Å². The average Bonchev–Trinajstić information content (AvgIpc) is 3.14. The zero-order valence-corrected chi connectivity index (χ0v) is 17.1. The van der Waals surface area contributed by atoms with Gasteiger partial charge < -0.3 is 19.8 Å². The Bertz CT molecular complexity index is 1050. The summed E-state index contributed by atoms with van der Waals surface area (Å²) in [5.74, 6) is 1.75. The molecule has 3 heterocycles. The van der Waals surface area contributed by atoms with Crippen molar-refractivity contribution in [3.05, 3.63) is 46.2 Å². The second-order valence-electron chi connectivity index (χ2n) is 6.27. The van der Waals surface area contributed by atoms with Crippen molar-refractivity contribution < 1.29 is 14.3 Å². The van der Waals surface area contributed by atoms with Crippen molar-refractivity contribution in [1.82, 2.24) is 20.3 Å². The van der Waals surface area contributed by atoms with Gasteiger partial charge in [0, 0.05) is 30.4 Å². The molecule has 7 nitrogen and oxygen atoms in total. The molecular weight excluding hydrogens is 424 g/mol. The highest BCUT2D eigenvalue weighted by atomic mass is 79.9. The summed E-state index contributed by atoms with van der Waals surface area (Å²) in [4.78, 5) is 24.4. The fourth-order valence-electron chi connectivity index (χ4n) is 3.24. The first-order valence-electron chi connectivity index (χ1n) is 8.95. The molecule has 0 spiro atoms. The predicted octanol–water partition coefficient (Wildman–Crippen LogP) is 3.59. The molecule has 8 heteroatoms. The van der Waals surface area contributed by atoms with Crippen LogP contribution in [0.4, 0.5) is 0 Å². The van der Waals surface area contributed by atoms with E-state index >= 15 is 0 Å². The van der Waals surface area contributed by atoms with Gasteiger partial charge in [-0.3, -0.25) is 4.79 Å². The zero-order valence-electron chi connectivity index (χ0n) is 15.5. The number of carbonyl (C=O) groups excluding carboxylic acids is 1. The highest BCUT2D eigenvalue weighted by Gasteiger charge is 2.21. The fourth-order valence-corrected chi connectivity index (χ4v) is 3.84. The van der Waals surface area contributed by atoms with Gasteiger partial charge in [0.25, 0.3) is 5.91 Å². The molecule has 0 fully saturated rings. The maximum absolute atomic E-state index is 12.0. The number of rotatable bonds is 5. The number of nitrogens with zero attached hydrogens (tertiary/aromatic N) is 2. The smallest absolute Gasteiger partial charge is 0.253 e. The van der Waals surface area contributed by atoms with Crippen LogP contribution in [0.15, 0.2) is 34.9 Å². The summed E-state index contributed by atoms with van der Waals surface area (Å²) >= 11 is 3.52. The average molecular weight is 443 g/mol. The number of hydrogen-bond acceptors (Lipinski definition) is 5. The summed E-state index contributed by atoms with van der Waals surface area (Å²) in [5, 5.41) is 2.85. The number of fused-ring (bicyclic) bond motifs is 1. The van der Waals surface area contributed by atoms with Gasteiger partial charge >= 0.3 is 0 Å². The van der Waals surface area contributed by atoms with E-state index in [9.17, 15) is 4.79 Å². The van der Waals surface area contributed by atoms with Crippen molar-refractivity contribution in [1.29, 1.82) is 0 Å². The van der Waals surface area contributed by atoms with Gasteiger partial charge in [-0.1, -0.05) is 0 Å². The topological polar surface area (TPSA) is 89.1 Å². The zero-order chi connectivity index (χ0) is 19.7. The molecule has 1 amide bonds. The van der Waals surface area contributed by atoms with E-state index in [1.165, 1.54) is 0 Å². The fraction of sp³-hybridized carbons (Fsp3) is 0.250. The number of methoxy groups -OCH3 is 1. The molecule has 0 radical (unpaired) electrons. The highest BCUT2D eigenvalue weighted by Crippen LogP contribution is 2.39. The molecule has 0 saturated carbocycles. The Morgan fingerprint density at radius 2 is 2.14 bits per heavy atom. The summed E-state index contributed by atoms with van der Waals surface area (Å²) in [6, 6.07) is 7.42. The maximum Gasteiger partial charge on any atom is 0.253 e. The van der Waals surface area contributed by atoms with E-state index in [1.54, 1.807) is 13.3 Å². The monoisotopic (exact) mass is 442 g/mol. The minimum Gasteiger partial charge on any atom is -0.492 e. The normalized spacial score (nSPS) is 13.0. The van der Waals surface area contributed by atoms with Gasteiger partial charge in [0.2, 0.25) is 0 Å². The third kappa shape index (κ3) is 3.35. The molecular formula is C20H19BrN4O3. The first-order valence-corrected chi connectivity index (χ1v) is 9.74. The second kappa shape index (κ2) is 7.63. The Labute approximate surface area is 170 Å². The first kappa shape index (κ1) is 18.5. The minimum atomic E-state index is -0.0570. The Kier molecular flexibility index (Phi) is 5.04. The number of nitrogens with one attached hydrogen (secondary N) is 2. The molecule has 4 rings (SSSR count). The Hall–Kier alpha value is -2.87. The quantitative estimate of drug-likeness (QED) is 0.629. The summed E-state index contributed by atoms with van der Waals surface area (Å²) < 4.78 is 11.9. The number of carbonyl (C=O) groups is 1. The van der Waals surface area contributed by atoms with Crippen LogP contribution in [0.25, 0.3) is 22.8 Å². The standard InChI is InChI=1S/C20H19BrN4O3/c1-3-28-17-9-11(8-13(21)18(17)27-2)19-22-6-5-15(25-19)16-10-12-14(24-16)4-7-23-20(12)26/h5-6,8-10,24H,3-4,7H2,1-2H3,(H,23,26). The molecule has 3 aromatic rings. The third-order valence-corrected chi connectivity index (χ3v) is 5.10. The highest BCUT2D eigenvalue weighted by molar-refractivity contribution is 9.10. The lowest BCUT2D eigenvalue weighted by atomic mass is 10.1. The molecule has 0 saturated heterocycles. The van der Waals surface area contributed by atoms with Crippen LogP contribution < -0.4 is 14.8 Å². The van der Waals surface area contributed by atoms with E-state index in [2.05, 4.69) is 36.2 Å². The van der Waals surface area contributed by atoms with Crippen LogP contribution in [0.3, 0.4) is 0 Å². The predicted molar refractivity (Wildman–Crippen MR) is 109 cm³/mol. The number of halogens is 1. The van der Waals surface area contributed by atoms with Crippen LogP contribution in [-0.2, 0) is 6.42 Å². The molecule has 28 heavy (non-hydrogen) atoms. The first-order chi connectivity index (χ1) is 13.6. The summed E-state index contributed by atoms with van der Waals surface area (Å²) in [6.45, 7) is 3.07. The lowest BCUT2D eigenvalue weighted by molar-refractivity contribution is 0.0946. The van der Waals surface area contributed by atoms with Crippen LogP contribution in [-0.4, -0.2) is 41.1 Å². The van der Waals surface area contributed by atoms with Gasteiger partial charge in [-0.2, -0.15) is 0 Å². The molecule has 2 N–H and O–H groups in total. The van der Waals surface area contributed by atoms with E-state index < -0.39 is 0 Å². The van der Waals surface area contributed by atoms with Crippen molar-refractivity contribution in [2.75, 3.05) is 20.3 Å². The van der Waals surface area contributed by atoms with Crippen molar-refractivity contribution in [2.45, 2.75) is 13.3 Å². The van der Waals surface area contributed by atoms with E-state index in [0.717, 1.165) is 33.5 Å². The van der Waals surface area contributed by atoms with Gasteiger partial charge in [0.1, 0.15) is 0 Å². The van der Waals surface area contributed by atoms with Crippen LogP contribution in [0.1, 0.15) is 23.0 Å². The van der Waals surface area contributed by atoms with Gasteiger partial charge in [-0.15, -0.1) is 0 Å². The number of hydrogen-bond donors (Lipinski definition) is 2.